The predicted octanol–water partition coefficient (Wildman–Crippen LogP) is -0.436. The Hall–Kier alpha value is -0.320. The highest BCUT2D eigenvalue weighted by molar-refractivity contribution is 7.92. The number of rotatable bonds is 14. The minimum atomic E-state index is -4.13. The van der Waals surface area contributed by atoms with Crippen molar-refractivity contribution < 1.29 is 46.2 Å². The van der Waals surface area contributed by atoms with Crippen LogP contribution in [0.15, 0.2) is 0 Å². The fraction of sp³-hybridized carbons (Fsp3) is 1.00. The fourth-order valence-electron chi connectivity index (χ4n) is 1.47. The molecule has 15 heteroatoms. The summed E-state index contributed by atoms with van der Waals surface area (Å²) >= 11 is 0. The van der Waals surface area contributed by atoms with Crippen LogP contribution in [0, 0.1) is 0 Å². The topological polar surface area (TPSA) is 164 Å². The number of sulfone groups is 1. The van der Waals surface area contributed by atoms with Gasteiger partial charge in [0.1, 0.15) is 0 Å². The van der Waals surface area contributed by atoms with Crippen molar-refractivity contribution in [3.8, 4) is 0 Å². The zero-order chi connectivity index (χ0) is 20.6. The number of hydrogen-bond acceptors (Lipinski definition) is 11. The molecule has 0 N–H and O–H groups in total. The van der Waals surface area contributed by atoms with E-state index in [1.54, 1.807) is 0 Å². The van der Waals surface area contributed by atoms with E-state index >= 15 is 0 Å². The molecule has 0 bridgehead atoms. The van der Waals surface area contributed by atoms with Crippen molar-refractivity contribution in [3.05, 3.63) is 0 Å². The summed E-state index contributed by atoms with van der Waals surface area (Å²) in [6.45, 7) is 2.92. The lowest BCUT2D eigenvalue weighted by molar-refractivity contribution is 0.233. The molecule has 0 aliphatic heterocycles. The molecule has 0 radical (unpaired) electrons. The van der Waals surface area contributed by atoms with Crippen LogP contribution in [-0.2, 0) is 52.7 Å². The molecule has 11 nitrogen and oxygen atoms in total. The summed E-state index contributed by atoms with van der Waals surface area (Å²) in [6.07, 6.45) is 0.392. The Labute approximate surface area is 155 Å². The van der Waals surface area contributed by atoms with Crippen molar-refractivity contribution in [2.75, 3.05) is 29.6 Å². The quantitative estimate of drug-likeness (QED) is 0.244. The minimum Gasteiger partial charge on any atom is -0.266 e. The Morgan fingerprint density at radius 3 is 1.46 bits per heavy atom. The lowest BCUT2D eigenvalue weighted by Gasteiger charge is -2.09. The smallest absolute Gasteiger partial charge is 0.266 e. The van der Waals surface area contributed by atoms with Gasteiger partial charge in [-0.3, -0.25) is 12.5 Å². The Morgan fingerprint density at radius 1 is 0.654 bits per heavy atom. The molecule has 0 saturated carbocycles. The van der Waals surface area contributed by atoms with Gasteiger partial charge < -0.3 is 0 Å². The van der Waals surface area contributed by atoms with E-state index in [2.05, 4.69) is 12.5 Å². The van der Waals surface area contributed by atoms with Gasteiger partial charge >= 0.3 is 0 Å². The van der Waals surface area contributed by atoms with Gasteiger partial charge in [0.2, 0.25) is 0 Å². The molecule has 158 valence electrons. The SMILES string of the molecule is CC(C)OS(=O)(=O)COS(=O)(=O)CCCCCS(=O)(=O)OCS(C)(=O)=O. The Balaban J connectivity index is 4.20. The molecule has 0 aromatic heterocycles. The highest BCUT2D eigenvalue weighted by Gasteiger charge is 2.20. The molecule has 0 aromatic carbocycles. The first-order chi connectivity index (χ1) is 11.5. The first-order valence-corrected chi connectivity index (χ1v) is 14.2. The zero-order valence-electron chi connectivity index (χ0n) is 14.7. The van der Waals surface area contributed by atoms with Crippen molar-refractivity contribution >= 4 is 40.2 Å². The molecular formula is C11H24O11S4. The van der Waals surface area contributed by atoms with Crippen LogP contribution in [0.25, 0.3) is 0 Å². The molecule has 0 spiro atoms. The molecule has 0 aliphatic rings. The molecule has 0 unspecified atom stereocenters. The van der Waals surface area contributed by atoms with Crippen LogP contribution in [-0.4, -0.2) is 69.4 Å². The predicted molar refractivity (Wildman–Crippen MR) is 93.3 cm³/mol. The third-order valence-corrected chi connectivity index (χ3v) is 6.90. The Kier molecular flexibility index (Phi) is 10.2. The second-order valence-corrected chi connectivity index (χ2v) is 12.8. The Morgan fingerprint density at radius 2 is 1.08 bits per heavy atom. The molecule has 0 amide bonds. The van der Waals surface area contributed by atoms with Gasteiger partial charge in [0.05, 0.1) is 17.6 Å². The van der Waals surface area contributed by atoms with Crippen LogP contribution in [0.4, 0.5) is 0 Å². The van der Waals surface area contributed by atoms with Crippen molar-refractivity contribution in [1.29, 1.82) is 0 Å². The Bertz CT molecular complexity index is 836. The van der Waals surface area contributed by atoms with E-state index in [9.17, 15) is 33.7 Å². The van der Waals surface area contributed by atoms with E-state index in [0.29, 0.717) is 0 Å². The van der Waals surface area contributed by atoms with E-state index in [4.69, 9.17) is 0 Å². The second kappa shape index (κ2) is 10.3. The van der Waals surface area contributed by atoms with Gasteiger partial charge in [-0.25, -0.2) is 8.42 Å². The third-order valence-electron chi connectivity index (χ3n) is 2.44. The highest BCUT2D eigenvalue weighted by Crippen LogP contribution is 2.08. The fourth-order valence-corrected chi connectivity index (χ4v) is 5.80. The largest absolute Gasteiger partial charge is 0.293 e. The molecule has 0 aromatic rings. The van der Waals surface area contributed by atoms with Gasteiger partial charge in [-0.15, -0.1) is 0 Å². The molecule has 26 heavy (non-hydrogen) atoms. The summed E-state index contributed by atoms with van der Waals surface area (Å²) in [6, 6.07) is 0. The van der Waals surface area contributed by atoms with Crippen LogP contribution in [0.2, 0.25) is 0 Å². The van der Waals surface area contributed by atoms with Gasteiger partial charge in [-0.2, -0.15) is 25.3 Å². The monoisotopic (exact) mass is 460 g/mol. The van der Waals surface area contributed by atoms with E-state index in [0.717, 1.165) is 6.26 Å². The van der Waals surface area contributed by atoms with Crippen LogP contribution < -0.4 is 0 Å². The van der Waals surface area contributed by atoms with Crippen LogP contribution in [0.1, 0.15) is 33.1 Å². The summed E-state index contributed by atoms with van der Waals surface area (Å²) < 4.78 is 104. The summed E-state index contributed by atoms with van der Waals surface area (Å²) in [5.41, 5.74) is 0. The number of unbranched alkanes of at least 4 members (excludes halogenated alkanes) is 2. The normalized spacial score (nSPS) is 14.0. The van der Waals surface area contributed by atoms with Crippen molar-refractivity contribution in [2.45, 2.75) is 39.2 Å². The van der Waals surface area contributed by atoms with Gasteiger partial charge in [-0.05, 0) is 26.7 Å². The molecule has 0 aliphatic carbocycles. The zero-order valence-corrected chi connectivity index (χ0v) is 17.9. The molecule has 0 fully saturated rings. The summed E-state index contributed by atoms with van der Waals surface area (Å²) in [5.74, 6) is -3.07. The average Bonchev–Trinajstić information content (AvgIpc) is 2.41. The van der Waals surface area contributed by atoms with Gasteiger partial charge in [0, 0.05) is 6.26 Å². The summed E-state index contributed by atoms with van der Waals surface area (Å²) in [5, 5.41) is 0. The van der Waals surface area contributed by atoms with Gasteiger partial charge in [0.15, 0.2) is 21.7 Å². The average molecular weight is 461 g/mol. The van der Waals surface area contributed by atoms with E-state index < -0.39 is 69.7 Å². The minimum absolute atomic E-state index is 0.0228. The van der Waals surface area contributed by atoms with Crippen LogP contribution >= 0.6 is 0 Å². The molecule has 0 rings (SSSR count). The first kappa shape index (κ1) is 25.7. The van der Waals surface area contributed by atoms with Gasteiger partial charge in [-0.1, -0.05) is 6.42 Å². The standard InChI is InChI=1S/C11H24O11S4/c1-11(2)22-26(18,19)10-21-25(16,17)8-6-4-5-7-24(14,15)20-9-23(3,12)13/h11H,4-10H2,1-3H3. The third kappa shape index (κ3) is 14.8. The lowest BCUT2D eigenvalue weighted by atomic mass is 10.3. The maximum atomic E-state index is 11.6. The van der Waals surface area contributed by atoms with E-state index in [1.165, 1.54) is 13.8 Å². The molecule has 0 atom stereocenters. The van der Waals surface area contributed by atoms with Crippen molar-refractivity contribution in [3.63, 3.8) is 0 Å². The summed E-state index contributed by atoms with van der Waals surface area (Å²) in [7, 11) is -15.9. The van der Waals surface area contributed by atoms with Crippen molar-refractivity contribution in [2.24, 2.45) is 0 Å². The maximum Gasteiger partial charge on any atom is 0.293 e. The second-order valence-electron chi connectivity index (χ2n) is 5.68. The lowest BCUT2D eigenvalue weighted by Crippen LogP contribution is -2.21. The van der Waals surface area contributed by atoms with E-state index in [1.807, 2.05) is 0 Å². The summed E-state index contributed by atoms with van der Waals surface area (Å²) in [4.78, 5) is 0. The first-order valence-electron chi connectivity index (χ1n) is 7.36. The van der Waals surface area contributed by atoms with Crippen LogP contribution in [0.5, 0.6) is 0 Å². The molecule has 0 heterocycles. The highest BCUT2D eigenvalue weighted by atomic mass is 32.2. The number of hydrogen-bond donors (Lipinski definition) is 0. The van der Waals surface area contributed by atoms with Gasteiger partial charge in [0.25, 0.3) is 30.4 Å². The maximum absolute atomic E-state index is 11.6. The molecule has 0 saturated heterocycles. The van der Waals surface area contributed by atoms with Crippen LogP contribution in [0.3, 0.4) is 0 Å². The van der Waals surface area contributed by atoms with Crippen molar-refractivity contribution in [1.82, 2.24) is 0 Å². The molecular weight excluding hydrogens is 436 g/mol. The van der Waals surface area contributed by atoms with E-state index in [-0.39, 0.29) is 19.3 Å².